The molecule has 4 heteroatoms. The van der Waals surface area contributed by atoms with Gasteiger partial charge in [0.1, 0.15) is 5.54 Å². The molecule has 17 heavy (non-hydrogen) atoms. The van der Waals surface area contributed by atoms with Gasteiger partial charge in [-0.25, -0.2) is 4.98 Å². The molecule has 1 spiro atoms. The molecule has 4 rings (SSSR count). The van der Waals surface area contributed by atoms with E-state index in [0.29, 0.717) is 0 Å². The minimum atomic E-state index is -0.0927. The van der Waals surface area contributed by atoms with E-state index in [1.54, 1.807) is 6.20 Å². The van der Waals surface area contributed by atoms with Crippen molar-refractivity contribution in [2.75, 3.05) is 4.90 Å². The second kappa shape index (κ2) is 2.96. The summed E-state index contributed by atoms with van der Waals surface area (Å²) in [4.78, 5) is 6.68. The number of anilines is 1. The Morgan fingerprint density at radius 1 is 1.29 bits per heavy atom. The van der Waals surface area contributed by atoms with E-state index in [-0.39, 0.29) is 5.54 Å². The molecular formula is C13H11N3S. The van der Waals surface area contributed by atoms with Gasteiger partial charge < -0.3 is 4.90 Å². The van der Waals surface area contributed by atoms with E-state index < -0.39 is 0 Å². The molecule has 3 nitrogen and oxygen atoms in total. The molecule has 1 atom stereocenters. The van der Waals surface area contributed by atoms with E-state index in [4.69, 9.17) is 0 Å². The molecule has 0 amide bonds. The van der Waals surface area contributed by atoms with E-state index in [0.717, 1.165) is 17.4 Å². The van der Waals surface area contributed by atoms with Crippen LogP contribution in [0.3, 0.4) is 0 Å². The predicted octanol–water partition coefficient (Wildman–Crippen LogP) is 2.61. The summed E-state index contributed by atoms with van der Waals surface area (Å²) in [5.41, 5.74) is 1.14. The molecule has 3 aliphatic rings. The van der Waals surface area contributed by atoms with Gasteiger partial charge in [-0.15, -0.1) is 12.6 Å². The molecule has 0 aromatic carbocycles. The Morgan fingerprint density at radius 3 is 3.18 bits per heavy atom. The Bertz CT molecular complexity index is 621. The van der Waals surface area contributed by atoms with Gasteiger partial charge >= 0.3 is 0 Å². The zero-order chi connectivity index (χ0) is 11.5. The zero-order valence-electron chi connectivity index (χ0n) is 9.11. The number of rotatable bonds is 0. The molecule has 1 unspecified atom stereocenters. The Labute approximate surface area is 105 Å². The summed E-state index contributed by atoms with van der Waals surface area (Å²) in [6.07, 6.45) is 17.7. The molecule has 3 heterocycles. The molecule has 0 saturated heterocycles. The molecule has 1 aliphatic carbocycles. The highest BCUT2D eigenvalue weighted by Crippen LogP contribution is 2.48. The fraction of sp³-hybridized carbons (Fsp3) is 0.154. The number of fused-ring (bicyclic) bond motifs is 3. The van der Waals surface area contributed by atoms with Crippen molar-refractivity contribution >= 4 is 24.3 Å². The fourth-order valence-corrected chi connectivity index (χ4v) is 3.10. The van der Waals surface area contributed by atoms with Crippen LogP contribution in [-0.4, -0.2) is 15.1 Å². The third kappa shape index (κ3) is 0.971. The van der Waals surface area contributed by atoms with Gasteiger partial charge in [-0.2, -0.15) is 0 Å². The van der Waals surface area contributed by atoms with Crippen LogP contribution in [0.1, 0.15) is 6.42 Å². The Kier molecular flexibility index (Phi) is 1.63. The molecule has 0 radical (unpaired) electrons. The highest BCUT2D eigenvalue weighted by molar-refractivity contribution is 7.80. The maximum atomic E-state index is 4.49. The number of allylic oxidation sites excluding steroid dienone is 4. The zero-order valence-corrected chi connectivity index (χ0v) is 10.0. The van der Waals surface area contributed by atoms with Crippen molar-refractivity contribution in [3.8, 4) is 0 Å². The molecule has 0 N–H and O–H groups in total. The van der Waals surface area contributed by atoms with Crippen molar-refractivity contribution < 1.29 is 0 Å². The number of nitrogens with zero attached hydrogens (tertiary/aromatic N) is 3. The largest absolute Gasteiger partial charge is 0.303 e. The lowest BCUT2D eigenvalue weighted by molar-refractivity contribution is 0.652. The molecule has 2 aliphatic heterocycles. The quantitative estimate of drug-likeness (QED) is 0.705. The predicted molar refractivity (Wildman–Crippen MR) is 71.0 cm³/mol. The topological polar surface area (TPSA) is 21.1 Å². The maximum absolute atomic E-state index is 4.49. The SMILES string of the molecule is Sc1cnc2n1C1=CC=CCC13C=CC=CN23. The summed E-state index contributed by atoms with van der Waals surface area (Å²) in [5.74, 6) is 0.950. The second-order valence-corrected chi connectivity index (χ2v) is 4.89. The van der Waals surface area contributed by atoms with Crippen LogP contribution in [0.25, 0.3) is 5.70 Å². The van der Waals surface area contributed by atoms with Crippen molar-refractivity contribution in [2.24, 2.45) is 0 Å². The van der Waals surface area contributed by atoms with Crippen LogP contribution in [-0.2, 0) is 0 Å². The van der Waals surface area contributed by atoms with Crippen LogP contribution in [0.5, 0.6) is 0 Å². The van der Waals surface area contributed by atoms with E-state index in [9.17, 15) is 0 Å². The smallest absolute Gasteiger partial charge is 0.216 e. The molecule has 0 fully saturated rings. The minimum absolute atomic E-state index is 0.0927. The minimum Gasteiger partial charge on any atom is -0.303 e. The van der Waals surface area contributed by atoms with Crippen LogP contribution < -0.4 is 4.90 Å². The molecular weight excluding hydrogens is 230 g/mol. The van der Waals surface area contributed by atoms with Crippen LogP contribution in [0.2, 0.25) is 0 Å². The average Bonchev–Trinajstić information content (AvgIpc) is 2.86. The van der Waals surface area contributed by atoms with Gasteiger partial charge in [0.05, 0.1) is 16.9 Å². The molecule has 1 aromatic rings. The average molecular weight is 241 g/mol. The Hall–Kier alpha value is -1.68. The second-order valence-electron chi connectivity index (χ2n) is 4.43. The first-order chi connectivity index (χ1) is 8.33. The van der Waals surface area contributed by atoms with E-state index in [1.807, 2.05) is 6.08 Å². The summed E-state index contributed by atoms with van der Waals surface area (Å²) in [7, 11) is 0. The van der Waals surface area contributed by atoms with Crippen LogP contribution in [0, 0.1) is 0 Å². The van der Waals surface area contributed by atoms with Gasteiger partial charge in [0.15, 0.2) is 0 Å². The summed E-state index contributed by atoms with van der Waals surface area (Å²) in [6.45, 7) is 0. The summed E-state index contributed by atoms with van der Waals surface area (Å²) < 4.78 is 2.12. The number of hydrogen-bond acceptors (Lipinski definition) is 3. The van der Waals surface area contributed by atoms with Gasteiger partial charge in [-0.3, -0.25) is 4.57 Å². The van der Waals surface area contributed by atoms with E-state index in [2.05, 4.69) is 63.7 Å². The van der Waals surface area contributed by atoms with Gasteiger partial charge in [0, 0.05) is 6.20 Å². The monoisotopic (exact) mass is 241 g/mol. The summed E-state index contributed by atoms with van der Waals surface area (Å²) in [5, 5.41) is 0.886. The highest BCUT2D eigenvalue weighted by Gasteiger charge is 2.47. The molecule has 0 saturated carbocycles. The number of aromatic nitrogens is 2. The number of hydrogen-bond donors (Lipinski definition) is 1. The number of imidazole rings is 1. The lowest BCUT2D eigenvalue weighted by Crippen LogP contribution is -2.43. The van der Waals surface area contributed by atoms with Crippen LogP contribution >= 0.6 is 12.6 Å². The lowest BCUT2D eigenvalue weighted by Gasteiger charge is -2.37. The Morgan fingerprint density at radius 2 is 2.24 bits per heavy atom. The normalized spacial score (nSPS) is 27.8. The van der Waals surface area contributed by atoms with Crippen molar-refractivity contribution in [3.63, 3.8) is 0 Å². The summed E-state index contributed by atoms with van der Waals surface area (Å²) in [6, 6.07) is 0. The van der Waals surface area contributed by atoms with E-state index >= 15 is 0 Å². The van der Waals surface area contributed by atoms with Gasteiger partial charge in [-0.1, -0.05) is 24.3 Å². The first-order valence-electron chi connectivity index (χ1n) is 5.63. The standard InChI is InChI=1S/C13H11N3S/c17-11-9-14-12-15-8-4-3-7-13(15)6-2-1-5-10(13)16(11)12/h1-5,7-9,17H,6H2. The maximum Gasteiger partial charge on any atom is 0.216 e. The van der Waals surface area contributed by atoms with Crippen molar-refractivity contribution in [2.45, 2.75) is 17.0 Å². The van der Waals surface area contributed by atoms with Crippen molar-refractivity contribution in [1.29, 1.82) is 0 Å². The van der Waals surface area contributed by atoms with E-state index in [1.165, 1.54) is 5.70 Å². The van der Waals surface area contributed by atoms with Crippen molar-refractivity contribution in [1.82, 2.24) is 9.55 Å². The first kappa shape index (κ1) is 9.36. The van der Waals surface area contributed by atoms with Gasteiger partial charge in [0.25, 0.3) is 0 Å². The molecule has 1 aromatic heterocycles. The summed E-state index contributed by atoms with van der Waals surface area (Å²) >= 11 is 4.49. The Balaban J connectivity index is 2.06. The van der Waals surface area contributed by atoms with Gasteiger partial charge in [0.2, 0.25) is 5.95 Å². The third-order valence-electron chi connectivity index (χ3n) is 3.59. The van der Waals surface area contributed by atoms with Gasteiger partial charge in [-0.05, 0) is 18.6 Å². The third-order valence-corrected chi connectivity index (χ3v) is 3.91. The fourth-order valence-electron chi connectivity index (χ4n) is 2.84. The molecule has 84 valence electrons. The lowest BCUT2D eigenvalue weighted by atomic mass is 9.85. The van der Waals surface area contributed by atoms with Crippen LogP contribution in [0.15, 0.2) is 53.9 Å². The number of thiol groups is 1. The first-order valence-corrected chi connectivity index (χ1v) is 6.07. The van der Waals surface area contributed by atoms with Crippen molar-refractivity contribution in [3.05, 3.63) is 48.9 Å². The van der Waals surface area contributed by atoms with Crippen LogP contribution in [0.4, 0.5) is 5.95 Å². The molecule has 0 bridgehead atoms. The highest BCUT2D eigenvalue weighted by atomic mass is 32.1.